The van der Waals surface area contributed by atoms with Crippen LogP contribution in [-0.2, 0) is 5.60 Å². The first kappa shape index (κ1) is 11.9. The Hall–Kier alpha value is -2.20. The van der Waals surface area contributed by atoms with Crippen molar-refractivity contribution in [3.8, 4) is 0 Å². The number of rotatable bonds is 1. The van der Waals surface area contributed by atoms with E-state index in [1.807, 2.05) is 0 Å². The summed E-state index contributed by atoms with van der Waals surface area (Å²) in [5, 5.41) is 9.91. The maximum absolute atomic E-state index is 12.3. The van der Waals surface area contributed by atoms with Crippen molar-refractivity contribution in [3.63, 3.8) is 0 Å². The second-order valence-corrected chi connectivity index (χ2v) is 5.12. The van der Waals surface area contributed by atoms with Gasteiger partial charge in [0.2, 0.25) is 5.78 Å². The maximum atomic E-state index is 12.3. The molecule has 96 valence electrons. The molecular weight excluding hydrogens is 244 g/mol. The fourth-order valence-electron chi connectivity index (χ4n) is 2.18. The van der Waals surface area contributed by atoms with Crippen LogP contribution >= 0.6 is 0 Å². The van der Waals surface area contributed by atoms with E-state index >= 15 is 0 Å². The maximum Gasteiger partial charge on any atom is 0.229 e. The quantitative estimate of drug-likeness (QED) is 0.725. The number of furan rings is 1. The molecule has 0 amide bonds. The average molecular weight is 256 g/mol. The summed E-state index contributed by atoms with van der Waals surface area (Å²) >= 11 is 0. The summed E-state index contributed by atoms with van der Waals surface area (Å²) in [6.45, 7) is 3.08. The lowest BCUT2D eigenvalue weighted by molar-refractivity contribution is 0.0526. The summed E-state index contributed by atoms with van der Waals surface area (Å²) in [4.78, 5) is 24.6. The van der Waals surface area contributed by atoms with E-state index in [0.717, 1.165) is 0 Å². The van der Waals surface area contributed by atoms with Crippen molar-refractivity contribution >= 4 is 11.6 Å². The molecule has 0 unspecified atom stereocenters. The van der Waals surface area contributed by atoms with Crippen LogP contribution in [0.3, 0.4) is 0 Å². The molecule has 0 aliphatic heterocycles. The lowest BCUT2D eigenvalue weighted by Gasteiger charge is -2.13. The van der Waals surface area contributed by atoms with E-state index in [0.29, 0.717) is 11.1 Å². The molecule has 0 saturated heterocycles. The molecule has 1 aromatic carbocycles. The van der Waals surface area contributed by atoms with Gasteiger partial charge in [0.25, 0.3) is 0 Å². The molecule has 1 aromatic heterocycles. The standard InChI is InChI=1S/C15H12O4/c1-15(2,18)11-7-10-12(16)8-5-3-4-6-9(8)13(17)14(10)19-11/h3-7,18H,1-2H3. The fraction of sp³-hybridized carbons (Fsp3) is 0.200. The van der Waals surface area contributed by atoms with Gasteiger partial charge in [-0.1, -0.05) is 24.3 Å². The summed E-state index contributed by atoms with van der Waals surface area (Å²) in [6.07, 6.45) is 0. The highest BCUT2D eigenvalue weighted by molar-refractivity contribution is 6.27. The van der Waals surface area contributed by atoms with Gasteiger partial charge in [-0.2, -0.15) is 0 Å². The molecule has 0 bridgehead atoms. The Kier molecular flexibility index (Phi) is 2.28. The normalized spacial score (nSPS) is 14.3. The van der Waals surface area contributed by atoms with E-state index in [1.165, 1.54) is 6.07 Å². The zero-order valence-electron chi connectivity index (χ0n) is 10.6. The van der Waals surface area contributed by atoms with Crippen molar-refractivity contribution in [1.29, 1.82) is 0 Å². The minimum atomic E-state index is -1.23. The number of hydrogen-bond acceptors (Lipinski definition) is 4. The minimum Gasteiger partial charge on any atom is -0.454 e. The van der Waals surface area contributed by atoms with E-state index in [9.17, 15) is 14.7 Å². The molecule has 1 aliphatic carbocycles. The Bertz CT molecular complexity index is 649. The van der Waals surface area contributed by atoms with Crippen molar-refractivity contribution in [3.05, 3.63) is 58.5 Å². The second kappa shape index (κ2) is 3.65. The molecule has 1 N–H and O–H groups in total. The van der Waals surface area contributed by atoms with Crippen LogP contribution < -0.4 is 0 Å². The van der Waals surface area contributed by atoms with Gasteiger partial charge in [0.05, 0.1) is 5.56 Å². The number of carbonyl (C=O) groups is 2. The molecule has 4 nitrogen and oxygen atoms in total. The zero-order chi connectivity index (χ0) is 13.8. The first-order valence-corrected chi connectivity index (χ1v) is 5.94. The predicted octanol–water partition coefficient (Wildman–Crippen LogP) is 2.28. The highest BCUT2D eigenvalue weighted by Crippen LogP contribution is 2.32. The van der Waals surface area contributed by atoms with Crippen LogP contribution in [0.1, 0.15) is 51.6 Å². The van der Waals surface area contributed by atoms with Gasteiger partial charge in [-0.15, -0.1) is 0 Å². The lowest BCUT2D eigenvalue weighted by Crippen LogP contribution is -2.18. The van der Waals surface area contributed by atoms with Crippen LogP contribution in [0.25, 0.3) is 0 Å². The third kappa shape index (κ3) is 1.64. The van der Waals surface area contributed by atoms with E-state index in [1.54, 1.807) is 38.1 Å². The van der Waals surface area contributed by atoms with Crippen molar-refractivity contribution in [2.75, 3.05) is 0 Å². The average Bonchev–Trinajstić information content (AvgIpc) is 2.81. The molecule has 3 rings (SSSR count). The number of aliphatic hydroxyl groups is 1. The summed E-state index contributed by atoms with van der Waals surface area (Å²) in [5.74, 6) is -0.335. The molecule has 0 fully saturated rings. The summed E-state index contributed by atoms with van der Waals surface area (Å²) in [6, 6.07) is 8.09. The van der Waals surface area contributed by atoms with Crippen molar-refractivity contribution in [2.45, 2.75) is 19.4 Å². The lowest BCUT2D eigenvalue weighted by atomic mass is 9.88. The SMILES string of the molecule is CC(C)(O)c1cc2c(o1)C(=O)c1ccccc1C2=O. The topological polar surface area (TPSA) is 67.5 Å². The smallest absolute Gasteiger partial charge is 0.229 e. The fourth-order valence-corrected chi connectivity index (χ4v) is 2.18. The molecule has 19 heavy (non-hydrogen) atoms. The summed E-state index contributed by atoms with van der Waals surface area (Å²) < 4.78 is 5.39. The van der Waals surface area contributed by atoms with Gasteiger partial charge >= 0.3 is 0 Å². The second-order valence-electron chi connectivity index (χ2n) is 5.12. The van der Waals surface area contributed by atoms with E-state index in [2.05, 4.69) is 0 Å². The monoisotopic (exact) mass is 256 g/mol. The molecule has 2 aromatic rings. The molecule has 1 heterocycles. The van der Waals surface area contributed by atoms with Crippen LogP contribution in [-0.4, -0.2) is 16.7 Å². The first-order chi connectivity index (χ1) is 8.89. The first-order valence-electron chi connectivity index (χ1n) is 5.94. The van der Waals surface area contributed by atoms with Crippen molar-refractivity contribution in [2.24, 2.45) is 0 Å². The van der Waals surface area contributed by atoms with Crippen LogP contribution in [0.15, 0.2) is 34.7 Å². The van der Waals surface area contributed by atoms with Crippen LogP contribution in [0.2, 0.25) is 0 Å². The highest BCUT2D eigenvalue weighted by atomic mass is 16.4. The number of ketones is 2. The number of carbonyl (C=O) groups excluding carboxylic acids is 2. The Labute approximate surface area is 109 Å². The Balaban J connectivity index is 2.24. The Morgan fingerprint density at radius 3 is 2.16 bits per heavy atom. The molecule has 4 heteroatoms. The number of benzene rings is 1. The Morgan fingerprint density at radius 2 is 1.58 bits per heavy atom. The number of fused-ring (bicyclic) bond motifs is 2. The summed E-state index contributed by atoms with van der Waals surface area (Å²) in [5.41, 5.74) is -0.287. The van der Waals surface area contributed by atoms with Crippen molar-refractivity contribution in [1.82, 2.24) is 0 Å². The van der Waals surface area contributed by atoms with Gasteiger partial charge in [0.1, 0.15) is 11.4 Å². The molecule has 0 atom stereocenters. The van der Waals surface area contributed by atoms with Crippen molar-refractivity contribution < 1.29 is 19.1 Å². The highest BCUT2D eigenvalue weighted by Gasteiger charge is 2.35. The predicted molar refractivity (Wildman–Crippen MR) is 67.3 cm³/mol. The third-order valence-electron chi connectivity index (χ3n) is 3.20. The Morgan fingerprint density at radius 1 is 1.00 bits per heavy atom. The van der Waals surface area contributed by atoms with Gasteiger partial charge in [0.15, 0.2) is 11.5 Å². The van der Waals surface area contributed by atoms with Gasteiger partial charge in [-0.05, 0) is 19.9 Å². The van der Waals surface area contributed by atoms with Crippen LogP contribution in [0.4, 0.5) is 0 Å². The molecular formula is C15H12O4. The van der Waals surface area contributed by atoms with Gasteiger partial charge in [-0.3, -0.25) is 9.59 Å². The largest absolute Gasteiger partial charge is 0.454 e. The van der Waals surface area contributed by atoms with Crippen LogP contribution in [0.5, 0.6) is 0 Å². The molecule has 0 saturated carbocycles. The van der Waals surface area contributed by atoms with E-state index in [-0.39, 0.29) is 28.7 Å². The number of hydrogen-bond donors (Lipinski definition) is 1. The van der Waals surface area contributed by atoms with E-state index < -0.39 is 5.60 Å². The van der Waals surface area contributed by atoms with Gasteiger partial charge < -0.3 is 9.52 Å². The van der Waals surface area contributed by atoms with Gasteiger partial charge in [0, 0.05) is 11.1 Å². The van der Waals surface area contributed by atoms with Gasteiger partial charge in [-0.25, -0.2) is 0 Å². The van der Waals surface area contributed by atoms with E-state index in [4.69, 9.17) is 4.42 Å². The molecule has 1 aliphatic rings. The minimum absolute atomic E-state index is 0.0147. The molecule has 0 radical (unpaired) electrons. The van der Waals surface area contributed by atoms with Crippen LogP contribution in [0, 0.1) is 0 Å². The third-order valence-corrected chi connectivity index (χ3v) is 3.20. The summed E-state index contributed by atoms with van der Waals surface area (Å²) in [7, 11) is 0. The zero-order valence-corrected chi connectivity index (χ0v) is 10.6. The molecule has 0 spiro atoms.